The van der Waals surface area contributed by atoms with Crippen LogP contribution in [0.2, 0.25) is 5.02 Å². The van der Waals surface area contributed by atoms with Crippen LogP contribution in [-0.4, -0.2) is 27.3 Å². The lowest BCUT2D eigenvalue weighted by molar-refractivity contribution is -0.138. The maximum atomic E-state index is 14.1. The number of fused-ring (bicyclic) bond motifs is 1. The molecule has 0 bridgehead atoms. The molecular formula is C23H20ClFN4O2S. The fourth-order valence-electron chi connectivity index (χ4n) is 3.41. The Morgan fingerprint density at radius 2 is 2.16 bits per heavy atom. The molecule has 0 spiro atoms. The lowest BCUT2D eigenvalue weighted by Crippen LogP contribution is -2.29. The number of anilines is 1. The molecule has 1 aromatic heterocycles. The van der Waals surface area contributed by atoms with Gasteiger partial charge in [-0.3, -0.25) is 0 Å². The minimum absolute atomic E-state index is 0.0641. The Bertz CT molecular complexity index is 1210. The van der Waals surface area contributed by atoms with E-state index in [1.165, 1.54) is 30.0 Å². The predicted molar refractivity (Wildman–Crippen MR) is 123 cm³/mol. The summed E-state index contributed by atoms with van der Waals surface area (Å²) >= 11 is 7.67. The van der Waals surface area contributed by atoms with E-state index in [1.807, 2.05) is 24.3 Å². The monoisotopic (exact) mass is 470 g/mol. The number of rotatable bonds is 7. The zero-order valence-electron chi connectivity index (χ0n) is 17.2. The first-order valence-electron chi connectivity index (χ1n) is 9.82. The van der Waals surface area contributed by atoms with Gasteiger partial charge in [-0.25, -0.2) is 13.9 Å². The summed E-state index contributed by atoms with van der Waals surface area (Å²) in [6.45, 7) is 5.40. The Balaban J connectivity index is 1.70. The van der Waals surface area contributed by atoms with Crippen molar-refractivity contribution in [3.63, 3.8) is 0 Å². The molecule has 1 atom stereocenters. The van der Waals surface area contributed by atoms with Gasteiger partial charge in [-0.1, -0.05) is 66.3 Å². The zero-order chi connectivity index (χ0) is 22.7. The first-order chi connectivity index (χ1) is 15.5. The van der Waals surface area contributed by atoms with Crippen molar-refractivity contribution in [1.29, 1.82) is 0 Å². The topological polar surface area (TPSA) is 69.0 Å². The highest BCUT2D eigenvalue weighted by Gasteiger charge is 2.35. The van der Waals surface area contributed by atoms with Gasteiger partial charge in [0, 0.05) is 16.5 Å². The first-order valence-corrected chi connectivity index (χ1v) is 11.2. The van der Waals surface area contributed by atoms with E-state index < -0.39 is 17.8 Å². The number of nitrogens with zero attached hydrogens (tertiary/aromatic N) is 3. The van der Waals surface area contributed by atoms with Crippen molar-refractivity contribution in [2.75, 3.05) is 11.9 Å². The Morgan fingerprint density at radius 1 is 1.34 bits per heavy atom. The van der Waals surface area contributed by atoms with Crippen LogP contribution < -0.4 is 5.32 Å². The first kappa shape index (κ1) is 22.1. The summed E-state index contributed by atoms with van der Waals surface area (Å²) in [4.78, 5) is 17.4. The highest BCUT2D eigenvalue weighted by Crippen LogP contribution is 2.37. The van der Waals surface area contributed by atoms with Crippen molar-refractivity contribution in [3.8, 4) is 0 Å². The molecular weight excluding hydrogens is 451 g/mol. The third-order valence-electron chi connectivity index (χ3n) is 4.86. The van der Waals surface area contributed by atoms with Gasteiger partial charge in [0.1, 0.15) is 18.5 Å². The van der Waals surface area contributed by atoms with Crippen LogP contribution in [-0.2, 0) is 15.3 Å². The summed E-state index contributed by atoms with van der Waals surface area (Å²) in [6.07, 6.45) is 1.49. The van der Waals surface area contributed by atoms with Crippen molar-refractivity contribution < 1.29 is 13.9 Å². The van der Waals surface area contributed by atoms with Crippen molar-refractivity contribution in [2.24, 2.45) is 0 Å². The van der Waals surface area contributed by atoms with Gasteiger partial charge in [-0.2, -0.15) is 4.98 Å². The molecule has 0 radical (unpaired) electrons. The van der Waals surface area contributed by atoms with Crippen molar-refractivity contribution >= 4 is 35.3 Å². The number of aromatic nitrogens is 3. The molecule has 1 unspecified atom stereocenters. The molecule has 0 fully saturated rings. The number of allylic oxidation sites excluding steroid dienone is 1. The highest BCUT2D eigenvalue weighted by molar-refractivity contribution is 7.98. The summed E-state index contributed by atoms with van der Waals surface area (Å²) < 4.78 is 20.9. The second-order valence-corrected chi connectivity index (χ2v) is 8.40. The van der Waals surface area contributed by atoms with Crippen molar-refractivity contribution in [1.82, 2.24) is 14.8 Å². The minimum Gasteiger partial charge on any atom is -0.458 e. The average Bonchev–Trinajstić information content (AvgIpc) is 3.18. The number of nitrogens with one attached hydrogen (secondary N) is 1. The number of benzene rings is 2. The molecule has 2 heterocycles. The van der Waals surface area contributed by atoms with E-state index in [4.69, 9.17) is 16.3 Å². The van der Waals surface area contributed by atoms with E-state index in [0.717, 1.165) is 5.56 Å². The summed E-state index contributed by atoms with van der Waals surface area (Å²) in [5.41, 5.74) is 2.42. The summed E-state index contributed by atoms with van der Waals surface area (Å²) in [7, 11) is 0. The number of thioether (sulfide) groups is 1. The van der Waals surface area contributed by atoms with E-state index in [0.29, 0.717) is 38.7 Å². The summed E-state index contributed by atoms with van der Waals surface area (Å²) in [5.74, 6) is 0.0933. The molecule has 6 nitrogen and oxygen atoms in total. The molecule has 0 amide bonds. The molecule has 0 aliphatic carbocycles. The molecule has 4 rings (SSSR count). The smallest absolute Gasteiger partial charge is 0.338 e. The average molecular weight is 471 g/mol. The molecule has 1 aliphatic rings. The van der Waals surface area contributed by atoms with E-state index in [1.54, 1.807) is 23.7 Å². The Labute approximate surface area is 194 Å². The lowest BCUT2D eigenvalue weighted by atomic mass is 9.96. The Hall–Kier alpha value is -3.10. The normalized spacial score (nSPS) is 15.2. The third kappa shape index (κ3) is 4.56. The van der Waals surface area contributed by atoms with Crippen LogP contribution in [0.4, 0.5) is 10.3 Å². The number of hydrogen-bond acceptors (Lipinski definition) is 6. The second-order valence-electron chi connectivity index (χ2n) is 7.05. The molecule has 9 heteroatoms. The van der Waals surface area contributed by atoms with E-state index >= 15 is 0 Å². The number of hydrogen-bond donors (Lipinski definition) is 1. The Morgan fingerprint density at radius 3 is 2.91 bits per heavy atom. The third-order valence-corrected chi connectivity index (χ3v) is 6.12. The van der Waals surface area contributed by atoms with Crippen LogP contribution in [0.1, 0.15) is 24.1 Å². The quantitative estimate of drug-likeness (QED) is 0.284. The van der Waals surface area contributed by atoms with Gasteiger partial charge in [-0.15, -0.1) is 5.10 Å². The lowest BCUT2D eigenvalue weighted by Gasteiger charge is -2.28. The molecule has 164 valence electrons. The Kier molecular flexibility index (Phi) is 6.62. The van der Waals surface area contributed by atoms with Crippen LogP contribution in [0.3, 0.4) is 0 Å². The standard InChI is InChI=1S/C23H20ClFN4O2S/c1-3-11-31-21(30)19-14(2)26-22-27-23(32-13-16-7-4-5-10-18(16)24)28-29(22)20(19)15-8-6-9-17(25)12-15/h3-10,12,20H,1,11,13H2,2H3,(H,26,27,28). The van der Waals surface area contributed by atoms with Crippen LogP contribution in [0.25, 0.3) is 0 Å². The maximum absolute atomic E-state index is 14.1. The number of ether oxygens (including phenoxy) is 1. The molecule has 3 aromatic rings. The number of halogens is 2. The summed E-state index contributed by atoms with van der Waals surface area (Å²) in [5, 5.41) is 8.90. The van der Waals surface area contributed by atoms with E-state index in [9.17, 15) is 9.18 Å². The molecule has 2 aromatic carbocycles. The maximum Gasteiger partial charge on any atom is 0.338 e. The van der Waals surface area contributed by atoms with Gasteiger partial charge < -0.3 is 10.1 Å². The van der Waals surface area contributed by atoms with Gasteiger partial charge in [0.15, 0.2) is 0 Å². The molecule has 1 aliphatic heterocycles. The van der Waals surface area contributed by atoms with E-state index in [-0.39, 0.29) is 6.61 Å². The van der Waals surface area contributed by atoms with Crippen molar-refractivity contribution in [2.45, 2.75) is 23.9 Å². The van der Waals surface area contributed by atoms with Gasteiger partial charge in [0.25, 0.3) is 0 Å². The highest BCUT2D eigenvalue weighted by atomic mass is 35.5. The molecule has 0 saturated heterocycles. The number of esters is 1. The second kappa shape index (κ2) is 9.58. The van der Waals surface area contributed by atoms with Gasteiger partial charge in [0.05, 0.1) is 5.57 Å². The fraction of sp³-hybridized carbons (Fsp3) is 0.174. The van der Waals surface area contributed by atoms with Gasteiger partial charge in [0.2, 0.25) is 11.1 Å². The molecule has 1 N–H and O–H groups in total. The predicted octanol–water partition coefficient (Wildman–Crippen LogP) is 5.38. The van der Waals surface area contributed by atoms with Crippen molar-refractivity contribution in [3.05, 3.63) is 94.4 Å². The van der Waals surface area contributed by atoms with E-state index in [2.05, 4.69) is 22.0 Å². The van der Waals surface area contributed by atoms with Crippen LogP contribution in [0.5, 0.6) is 0 Å². The summed E-state index contributed by atoms with van der Waals surface area (Å²) in [6, 6.07) is 12.9. The minimum atomic E-state index is -0.693. The zero-order valence-corrected chi connectivity index (χ0v) is 18.8. The van der Waals surface area contributed by atoms with Gasteiger partial charge in [-0.05, 0) is 36.2 Å². The molecule has 32 heavy (non-hydrogen) atoms. The van der Waals surface area contributed by atoms with Crippen LogP contribution in [0, 0.1) is 5.82 Å². The number of carbonyl (C=O) groups excluding carboxylic acids is 1. The van der Waals surface area contributed by atoms with Crippen LogP contribution >= 0.6 is 23.4 Å². The van der Waals surface area contributed by atoms with Crippen LogP contribution in [0.15, 0.2) is 77.6 Å². The fourth-order valence-corrected chi connectivity index (χ4v) is 4.53. The van der Waals surface area contributed by atoms with Gasteiger partial charge >= 0.3 is 5.97 Å². The SMILES string of the molecule is C=CCOC(=O)C1=C(C)Nc2nc(SCc3ccccc3Cl)nn2C1c1cccc(F)c1. The number of carbonyl (C=O) groups is 1. The largest absolute Gasteiger partial charge is 0.458 e. The molecule has 0 saturated carbocycles.